The normalized spacial score (nSPS) is 11.5. The predicted molar refractivity (Wildman–Crippen MR) is 167 cm³/mol. The first-order valence-electron chi connectivity index (χ1n) is 12.1. The van der Waals surface area contributed by atoms with Crippen molar-refractivity contribution in [2.24, 2.45) is 8.73 Å². The summed E-state index contributed by atoms with van der Waals surface area (Å²) in [5, 5.41) is 12.0. The standard InChI is InChI=1S/C18H18N2O4S.C11H11ClN2OS/c1-23-14-9-13(21)10-15(11-14)24-18-6-7-19-17-5-4-12(8-16(17)18)20-25(2,3)22;1-16(2,15)14-8-3-4-11-9(7-8)10(12)5-6-13-11/h4-11,21H,1-3H3;3-7H,1-2H3. The SMILES string of the molecule is COc1cc(O)cc(Oc2ccnc3ccc(N=S(C)(C)=O)cc23)c1.CS(C)(=O)=Nc1ccc2nccc(Cl)c2c1. The third-order valence-electron chi connectivity index (χ3n) is 5.34. The van der Waals surface area contributed by atoms with E-state index < -0.39 is 19.5 Å². The number of hydrogen-bond donors (Lipinski definition) is 1. The van der Waals surface area contributed by atoms with E-state index in [0.717, 1.165) is 21.8 Å². The molecule has 12 heteroatoms. The smallest absolute Gasteiger partial charge is 0.138 e. The van der Waals surface area contributed by atoms with E-state index in [1.54, 1.807) is 85.9 Å². The number of pyridine rings is 2. The molecule has 0 aliphatic heterocycles. The summed E-state index contributed by atoms with van der Waals surface area (Å²) in [5.41, 5.74) is 2.79. The van der Waals surface area contributed by atoms with Crippen LogP contribution in [0.15, 0.2) is 87.8 Å². The van der Waals surface area contributed by atoms with Crippen molar-refractivity contribution in [3.63, 3.8) is 0 Å². The van der Waals surface area contributed by atoms with Crippen LogP contribution in [0, 0.1) is 0 Å². The van der Waals surface area contributed by atoms with Crippen LogP contribution in [0.1, 0.15) is 0 Å². The van der Waals surface area contributed by atoms with E-state index in [9.17, 15) is 13.5 Å². The number of halogens is 1. The number of aromatic hydroxyl groups is 1. The molecule has 214 valence electrons. The van der Waals surface area contributed by atoms with Crippen molar-refractivity contribution in [2.75, 3.05) is 32.1 Å². The molecule has 1 N–H and O–H groups in total. The van der Waals surface area contributed by atoms with E-state index in [1.165, 1.54) is 19.2 Å². The number of phenols is 1. The molecule has 9 nitrogen and oxygen atoms in total. The lowest BCUT2D eigenvalue weighted by Gasteiger charge is -2.11. The lowest BCUT2D eigenvalue weighted by Crippen LogP contribution is -1.91. The van der Waals surface area contributed by atoms with Crippen molar-refractivity contribution in [1.82, 2.24) is 9.97 Å². The maximum absolute atomic E-state index is 11.9. The van der Waals surface area contributed by atoms with Crippen molar-refractivity contribution in [2.45, 2.75) is 0 Å². The summed E-state index contributed by atoms with van der Waals surface area (Å²) < 4.78 is 42.9. The van der Waals surface area contributed by atoms with E-state index in [4.69, 9.17) is 21.1 Å². The van der Waals surface area contributed by atoms with Crippen LogP contribution in [-0.4, -0.2) is 55.6 Å². The van der Waals surface area contributed by atoms with Gasteiger partial charge in [0.2, 0.25) is 0 Å². The third kappa shape index (κ3) is 8.53. The highest BCUT2D eigenvalue weighted by molar-refractivity contribution is 7.92. The van der Waals surface area contributed by atoms with E-state index >= 15 is 0 Å². The molecule has 0 aliphatic carbocycles. The van der Waals surface area contributed by atoms with Crippen LogP contribution in [0.25, 0.3) is 21.8 Å². The zero-order valence-electron chi connectivity index (χ0n) is 23.1. The molecule has 41 heavy (non-hydrogen) atoms. The molecule has 0 unspecified atom stereocenters. The van der Waals surface area contributed by atoms with Gasteiger partial charge in [0, 0.05) is 85.8 Å². The molecule has 0 bridgehead atoms. The molecule has 0 saturated carbocycles. The molecule has 5 aromatic rings. The van der Waals surface area contributed by atoms with E-state index in [-0.39, 0.29) is 5.75 Å². The Hall–Kier alpha value is -3.93. The summed E-state index contributed by atoms with van der Waals surface area (Å²) in [6, 6.07) is 18.9. The van der Waals surface area contributed by atoms with Crippen LogP contribution < -0.4 is 9.47 Å². The molecule has 0 saturated heterocycles. The summed E-state index contributed by atoms with van der Waals surface area (Å²) in [6.45, 7) is 0. The molecular formula is C29H29ClN4O5S2. The summed E-state index contributed by atoms with van der Waals surface area (Å²) in [5.74, 6) is 1.51. The highest BCUT2D eigenvalue weighted by Crippen LogP contribution is 2.35. The van der Waals surface area contributed by atoms with Crippen LogP contribution in [0.4, 0.5) is 11.4 Å². The van der Waals surface area contributed by atoms with Gasteiger partial charge in [-0.2, -0.15) is 8.73 Å². The number of ether oxygens (including phenoxy) is 2. The third-order valence-corrected chi connectivity index (χ3v) is 6.97. The Kier molecular flexibility index (Phi) is 9.01. The van der Waals surface area contributed by atoms with Crippen LogP contribution in [0.3, 0.4) is 0 Å². The second-order valence-corrected chi connectivity index (χ2v) is 15.0. The van der Waals surface area contributed by atoms with Gasteiger partial charge >= 0.3 is 0 Å². The number of phenolic OH excluding ortho intramolecular Hbond substituents is 1. The fourth-order valence-electron chi connectivity index (χ4n) is 3.78. The lowest BCUT2D eigenvalue weighted by atomic mass is 10.2. The molecule has 2 aromatic heterocycles. The van der Waals surface area contributed by atoms with Crippen LogP contribution in [0.2, 0.25) is 5.02 Å². The number of rotatable bonds is 5. The van der Waals surface area contributed by atoms with E-state index in [1.807, 2.05) is 6.07 Å². The zero-order chi connectivity index (χ0) is 29.8. The molecule has 0 aliphatic rings. The molecule has 3 aromatic carbocycles. The number of aromatic nitrogens is 2. The molecule has 0 fully saturated rings. The summed E-state index contributed by atoms with van der Waals surface area (Å²) in [6.07, 6.45) is 9.65. The Morgan fingerprint density at radius 2 is 1.27 bits per heavy atom. The van der Waals surface area contributed by atoms with Gasteiger partial charge in [0.1, 0.15) is 23.0 Å². The van der Waals surface area contributed by atoms with Crippen LogP contribution >= 0.6 is 11.6 Å². The average molecular weight is 613 g/mol. The number of methoxy groups -OCH3 is 1. The lowest BCUT2D eigenvalue weighted by molar-refractivity contribution is 0.400. The molecule has 0 atom stereocenters. The second-order valence-electron chi connectivity index (χ2n) is 9.52. The second kappa shape index (κ2) is 12.3. The molecule has 5 rings (SSSR count). The fraction of sp³-hybridized carbons (Fsp3) is 0.172. The topological polar surface area (TPSA) is 123 Å². The Morgan fingerprint density at radius 3 is 1.85 bits per heavy atom. The Bertz CT molecular complexity index is 1980. The van der Waals surface area contributed by atoms with Gasteiger partial charge in [0.05, 0.1) is 34.5 Å². The van der Waals surface area contributed by atoms with Crippen molar-refractivity contribution in [3.05, 3.63) is 84.1 Å². The molecule has 2 heterocycles. The minimum absolute atomic E-state index is 0.0418. The number of hydrogen-bond acceptors (Lipinski definition) is 9. The average Bonchev–Trinajstić information content (AvgIpc) is 2.88. The minimum atomic E-state index is -2.27. The highest BCUT2D eigenvalue weighted by atomic mass is 35.5. The van der Waals surface area contributed by atoms with Gasteiger partial charge in [0.25, 0.3) is 0 Å². The van der Waals surface area contributed by atoms with Crippen LogP contribution in [-0.2, 0) is 19.5 Å². The first-order chi connectivity index (χ1) is 19.3. The number of nitrogens with zero attached hydrogens (tertiary/aromatic N) is 4. The molecule has 0 amide bonds. The maximum atomic E-state index is 11.9. The van der Waals surface area contributed by atoms with Gasteiger partial charge in [-0.3, -0.25) is 9.97 Å². The summed E-state index contributed by atoms with van der Waals surface area (Å²) in [4.78, 5) is 8.49. The van der Waals surface area contributed by atoms with Crippen molar-refractivity contribution in [1.29, 1.82) is 0 Å². The van der Waals surface area contributed by atoms with Gasteiger partial charge in [-0.1, -0.05) is 11.6 Å². The monoisotopic (exact) mass is 612 g/mol. The Balaban J connectivity index is 0.000000208. The quantitative estimate of drug-likeness (QED) is 0.220. The number of benzene rings is 3. The minimum Gasteiger partial charge on any atom is -0.508 e. The van der Waals surface area contributed by atoms with Crippen molar-refractivity contribution in [3.8, 4) is 23.0 Å². The van der Waals surface area contributed by atoms with Gasteiger partial charge in [-0.05, 0) is 48.5 Å². The highest BCUT2D eigenvalue weighted by Gasteiger charge is 2.09. The van der Waals surface area contributed by atoms with Crippen molar-refractivity contribution < 1.29 is 23.0 Å². The number of fused-ring (bicyclic) bond motifs is 2. The van der Waals surface area contributed by atoms with Gasteiger partial charge in [0.15, 0.2) is 0 Å². The Labute approximate surface area is 244 Å². The first kappa shape index (κ1) is 30.0. The molecular weight excluding hydrogens is 584 g/mol. The first-order valence-corrected chi connectivity index (χ1v) is 17.2. The molecule has 0 spiro atoms. The zero-order valence-corrected chi connectivity index (χ0v) is 25.5. The summed E-state index contributed by atoms with van der Waals surface area (Å²) in [7, 11) is -2.90. The van der Waals surface area contributed by atoms with Gasteiger partial charge in [-0.15, -0.1) is 0 Å². The predicted octanol–water partition coefficient (Wildman–Crippen LogP) is 7.35. The fourth-order valence-corrected chi connectivity index (χ4v) is 5.23. The Morgan fingerprint density at radius 1 is 0.732 bits per heavy atom. The summed E-state index contributed by atoms with van der Waals surface area (Å²) >= 11 is 6.05. The van der Waals surface area contributed by atoms with Gasteiger partial charge < -0.3 is 14.6 Å². The largest absolute Gasteiger partial charge is 0.508 e. The van der Waals surface area contributed by atoms with Crippen molar-refractivity contribution >= 4 is 64.2 Å². The van der Waals surface area contributed by atoms with Crippen LogP contribution in [0.5, 0.6) is 23.0 Å². The molecule has 0 radical (unpaired) electrons. The maximum Gasteiger partial charge on any atom is 0.138 e. The van der Waals surface area contributed by atoms with E-state index in [0.29, 0.717) is 33.6 Å². The van der Waals surface area contributed by atoms with Gasteiger partial charge in [-0.25, -0.2) is 8.42 Å². The van der Waals surface area contributed by atoms with E-state index in [2.05, 4.69) is 18.7 Å².